The van der Waals surface area contributed by atoms with E-state index in [-0.39, 0.29) is 61.3 Å². The molecule has 0 heterocycles. The van der Waals surface area contributed by atoms with Crippen molar-refractivity contribution < 1.29 is 43.1 Å². The summed E-state index contributed by atoms with van der Waals surface area (Å²) in [6.45, 7) is 13.0. The number of nitrogens with zero attached hydrogens (tertiary/aromatic N) is 1. The summed E-state index contributed by atoms with van der Waals surface area (Å²) in [5, 5.41) is 21.8. The van der Waals surface area contributed by atoms with E-state index in [1.807, 2.05) is 30.3 Å². The maximum atomic E-state index is 13.4. The van der Waals surface area contributed by atoms with Crippen LogP contribution in [0.5, 0.6) is 5.75 Å². The van der Waals surface area contributed by atoms with Gasteiger partial charge in [0, 0.05) is 50.2 Å². The van der Waals surface area contributed by atoms with Crippen LogP contribution in [0.4, 0.5) is 16.2 Å². The summed E-state index contributed by atoms with van der Waals surface area (Å²) < 4.78 is 16.6. The number of anilines is 1. The first-order valence-electron chi connectivity index (χ1n) is 27.2. The van der Waals surface area contributed by atoms with Gasteiger partial charge in [-0.25, -0.2) is 4.79 Å². The smallest absolute Gasteiger partial charge is 0.429 e. The number of rotatable bonds is 24. The summed E-state index contributed by atoms with van der Waals surface area (Å²) >= 11 is 0. The number of fused-ring (bicyclic) bond motifs is 5. The third-order valence-corrected chi connectivity index (χ3v) is 17.0. The van der Waals surface area contributed by atoms with Gasteiger partial charge in [0.25, 0.3) is 5.69 Å². The van der Waals surface area contributed by atoms with Gasteiger partial charge in [0.05, 0.1) is 17.6 Å². The van der Waals surface area contributed by atoms with Crippen molar-refractivity contribution in [3.63, 3.8) is 0 Å². The van der Waals surface area contributed by atoms with Gasteiger partial charge in [-0.3, -0.25) is 29.3 Å². The van der Waals surface area contributed by atoms with Crippen molar-refractivity contribution >= 4 is 41.2 Å². The molecular formula is C59H79N5O10. The number of ether oxygens (including phenoxy) is 3. The van der Waals surface area contributed by atoms with Gasteiger partial charge < -0.3 is 35.5 Å². The molecule has 7 rings (SSSR count). The molecule has 3 aromatic carbocycles. The maximum absolute atomic E-state index is 13.4. The second-order valence-electron chi connectivity index (χ2n) is 22.4. The van der Waals surface area contributed by atoms with Gasteiger partial charge in [-0.2, -0.15) is 0 Å². The highest BCUT2D eigenvalue weighted by atomic mass is 16.7. The molecule has 3 fully saturated rings. The van der Waals surface area contributed by atoms with Crippen LogP contribution in [0.3, 0.4) is 0 Å². The molecule has 0 saturated heterocycles. The Morgan fingerprint density at radius 1 is 0.784 bits per heavy atom. The van der Waals surface area contributed by atoms with Crippen LogP contribution in [0, 0.1) is 56.5 Å². The van der Waals surface area contributed by atoms with Crippen molar-refractivity contribution in [1.82, 2.24) is 16.0 Å². The van der Waals surface area contributed by atoms with E-state index in [1.165, 1.54) is 82.1 Å². The van der Waals surface area contributed by atoms with Crippen molar-refractivity contribution in [2.24, 2.45) is 46.3 Å². The molecule has 15 nitrogen and oxygen atoms in total. The highest BCUT2D eigenvalue weighted by Gasteiger charge is 2.59. The van der Waals surface area contributed by atoms with E-state index >= 15 is 0 Å². The lowest BCUT2D eigenvalue weighted by atomic mass is 9.47. The average molecular weight is 1020 g/mol. The highest BCUT2D eigenvalue weighted by Crippen LogP contribution is 2.67. The molecule has 4 aliphatic rings. The number of hydrogen-bond donors (Lipinski definition) is 4. The van der Waals surface area contributed by atoms with Crippen LogP contribution in [0.2, 0.25) is 0 Å². The van der Waals surface area contributed by atoms with E-state index in [1.54, 1.807) is 29.8 Å². The number of non-ortho nitro benzene ring substituents is 1. The summed E-state index contributed by atoms with van der Waals surface area (Å²) in [6.07, 6.45) is 16.7. The predicted octanol–water partition coefficient (Wildman–Crippen LogP) is 10.8. The minimum atomic E-state index is -0.998. The molecule has 0 radical (unpaired) electrons. The van der Waals surface area contributed by atoms with Crippen molar-refractivity contribution in [1.29, 1.82) is 0 Å². The largest absolute Gasteiger partial charge is 0.514 e. The quantitative estimate of drug-likeness (QED) is 0.0167. The van der Waals surface area contributed by atoms with Crippen LogP contribution >= 0.6 is 0 Å². The molecule has 3 aromatic rings. The molecule has 4 N–H and O–H groups in total. The number of allylic oxidation sites excluding steroid dienone is 1. The zero-order valence-corrected chi connectivity index (χ0v) is 44.2. The minimum absolute atomic E-state index is 0.0402. The standard InChI is InChI=1S/C59H79N5O10/c1-39(2)11-9-12-40(3)49-25-26-50-48-24-17-43-36-47(29-31-58(43,4)51(48)30-32-59(49,50)5)72-34-10-33-60-53(65)27-28-54(66)63-52(35-41-13-7-6-8-14-41)56(68)61-37-55(67)62-44-18-15-42(16-19-44)38-73-57(69)74-46-22-20-45(21-23-46)64(70)71/h6-8,13-23,39-40,47-52H,9-12,24-38H2,1-5H3,(H,60,65)(H,61,68)(H,62,67)(H,63,66)/t40-,47+,48+,49?,50+,51?,52+,58+,59-/m1/s1. The lowest BCUT2D eigenvalue weighted by Crippen LogP contribution is -2.51. The Bertz CT molecular complexity index is 2430. The fourth-order valence-corrected chi connectivity index (χ4v) is 13.1. The second kappa shape index (κ2) is 25.9. The van der Waals surface area contributed by atoms with Gasteiger partial charge in [-0.1, -0.05) is 108 Å². The van der Waals surface area contributed by atoms with Crippen molar-refractivity contribution in [2.75, 3.05) is 25.0 Å². The molecule has 0 bridgehead atoms. The maximum Gasteiger partial charge on any atom is 0.514 e. The molecule has 4 aliphatic carbocycles. The zero-order valence-electron chi connectivity index (χ0n) is 44.2. The Hall–Kier alpha value is -6.09. The molecule has 15 heteroatoms. The number of hydrogen-bond acceptors (Lipinski definition) is 10. The molecule has 4 amide bonds. The number of carbonyl (C=O) groups excluding carboxylic acids is 5. The Morgan fingerprint density at radius 3 is 2.26 bits per heavy atom. The number of benzene rings is 3. The zero-order chi connectivity index (χ0) is 52.8. The summed E-state index contributed by atoms with van der Waals surface area (Å²) in [5.74, 6) is 3.22. The SMILES string of the molecule is CC(C)CCC[C@@H](C)C1CC[C@H]2[C@@H]3CC=C4C[C@@H](OCCCNC(=O)CCC(=O)N[C@@H](Cc5ccccc5)C(=O)NCC(=O)Nc5ccc(COC(=O)Oc6ccc([N+](=O)[O-])cc6)cc5)CC[C@]4(C)C3CC[C@]12C. The Kier molecular flexibility index (Phi) is 19.5. The van der Waals surface area contributed by atoms with E-state index in [9.17, 15) is 34.1 Å². The normalized spacial score (nSPS) is 24.7. The molecule has 0 aliphatic heterocycles. The third kappa shape index (κ3) is 14.8. The molecule has 0 spiro atoms. The highest BCUT2D eigenvalue weighted by molar-refractivity contribution is 5.96. The van der Waals surface area contributed by atoms with Crippen LogP contribution in [-0.4, -0.2) is 66.5 Å². The molecule has 9 atom stereocenters. The fraction of sp³-hybridized carbons (Fsp3) is 0.576. The Morgan fingerprint density at radius 2 is 1.53 bits per heavy atom. The lowest BCUT2D eigenvalue weighted by molar-refractivity contribution is -0.384. The van der Waals surface area contributed by atoms with Gasteiger partial charge in [0.1, 0.15) is 18.4 Å². The van der Waals surface area contributed by atoms with Gasteiger partial charge in [-0.15, -0.1) is 0 Å². The van der Waals surface area contributed by atoms with Crippen molar-refractivity contribution in [2.45, 2.75) is 150 Å². The van der Waals surface area contributed by atoms with Crippen LogP contribution in [0.1, 0.15) is 136 Å². The van der Waals surface area contributed by atoms with Gasteiger partial charge in [0.2, 0.25) is 23.6 Å². The minimum Gasteiger partial charge on any atom is -0.429 e. The Labute approximate surface area is 437 Å². The van der Waals surface area contributed by atoms with Gasteiger partial charge in [0.15, 0.2) is 0 Å². The molecule has 74 heavy (non-hydrogen) atoms. The monoisotopic (exact) mass is 1020 g/mol. The number of nitrogens with one attached hydrogen (secondary N) is 4. The second-order valence-corrected chi connectivity index (χ2v) is 22.4. The predicted molar refractivity (Wildman–Crippen MR) is 284 cm³/mol. The number of amides is 4. The van der Waals surface area contributed by atoms with Gasteiger partial charge >= 0.3 is 6.16 Å². The average Bonchev–Trinajstić information content (AvgIpc) is 3.74. The summed E-state index contributed by atoms with van der Waals surface area (Å²) in [5.41, 5.74) is 4.06. The van der Waals surface area contributed by atoms with E-state index in [2.05, 4.69) is 62.0 Å². The Balaban J connectivity index is 0.783. The first-order chi connectivity index (χ1) is 35.5. The molecular weight excluding hydrogens is 939 g/mol. The van der Waals surface area contributed by atoms with E-state index in [4.69, 9.17) is 14.2 Å². The first-order valence-corrected chi connectivity index (χ1v) is 27.2. The molecule has 0 aromatic heterocycles. The van der Waals surface area contributed by atoms with Crippen LogP contribution in [0.15, 0.2) is 90.5 Å². The van der Waals surface area contributed by atoms with Gasteiger partial charge in [-0.05, 0) is 140 Å². The van der Waals surface area contributed by atoms with Crippen LogP contribution < -0.4 is 26.0 Å². The van der Waals surface area contributed by atoms with E-state index in [0.717, 1.165) is 53.9 Å². The number of nitro groups is 1. The lowest BCUT2D eigenvalue weighted by Gasteiger charge is -2.58. The summed E-state index contributed by atoms with van der Waals surface area (Å²) in [6, 6.07) is 19.6. The fourth-order valence-electron chi connectivity index (χ4n) is 13.1. The molecule has 2 unspecified atom stereocenters. The van der Waals surface area contributed by atoms with Crippen molar-refractivity contribution in [3.8, 4) is 5.75 Å². The topological polar surface area (TPSA) is 204 Å². The summed E-state index contributed by atoms with van der Waals surface area (Å²) in [4.78, 5) is 74.6. The summed E-state index contributed by atoms with van der Waals surface area (Å²) in [7, 11) is 0. The molecule has 400 valence electrons. The molecule has 3 saturated carbocycles. The van der Waals surface area contributed by atoms with Crippen LogP contribution in [0.25, 0.3) is 0 Å². The van der Waals surface area contributed by atoms with Crippen LogP contribution in [-0.2, 0) is 41.7 Å². The number of carbonyl (C=O) groups is 5. The first kappa shape index (κ1) is 55.7. The van der Waals surface area contributed by atoms with Crippen molar-refractivity contribution in [3.05, 3.63) is 112 Å². The number of nitro benzene ring substituents is 1. The third-order valence-electron chi connectivity index (χ3n) is 17.0. The van der Waals surface area contributed by atoms with E-state index in [0.29, 0.717) is 36.2 Å². The van der Waals surface area contributed by atoms with E-state index < -0.39 is 34.8 Å².